The van der Waals surface area contributed by atoms with Crippen molar-refractivity contribution < 1.29 is 14.7 Å². The predicted molar refractivity (Wildman–Crippen MR) is 80.6 cm³/mol. The van der Waals surface area contributed by atoms with Crippen molar-refractivity contribution in [3.8, 4) is 0 Å². The Kier molecular flexibility index (Phi) is 7.61. The van der Waals surface area contributed by atoms with E-state index in [2.05, 4.69) is 38.3 Å². The summed E-state index contributed by atoms with van der Waals surface area (Å²) in [6.07, 6.45) is 0.730. The van der Waals surface area contributed by atoms with E-state index < -0.39 is 17.5 Å². The fraction of sp³-hybridized carbons (Fsp3) is 0.867. The second-order valence-corrected chi connectivity index (χ2v) is 6.08. The highest BCUT2D eigenvalue weighted by molar-refractivity contribution is 5.86. The second kappa shape index (κ2) is 8.12. The van der Waals surface area contributed by atoms with Crippen LogP contribution in [0.25, 0.3) is 0 Å². The number of amides is 2. The van der Waals surface area contributed by atoms with Crippen molar-refractivity contribution in [2.75, 3.05) is 6.54 Å². The number of carbonyl (C=O) groups is 2. The van der Waals surface area contributed by atoms with Crippen molar-refractivity contribution in [1.82, 2.24) is 10.6 Å². The summed E-state index contributed by atoms with van der Waals surface area (Å²) in [5.74, 6) is 0.332. The molecule has 0 saturated carbocycles. The molecule has 0 radical (unpaired) electrons. The van der Waals surface area contributed by atoms with Crippen LogP contribution in [0.4, 0.5) is 4.79 Å². The van der Waals surface area contributed by atoms with Crippen molar-refractivity contribution in [2.45, 2.75) is 59.9 Å². The van der Waals surface area contributed by atoms with E-state index in [0.29, 0.717) is 37.1 Å². The number of rotatable bonds is 8. The third-order valence-corrected chi connectivity index (χ3v) is 4.18. The van der Waals surface area contributed by atoms with Crippen LogP contribution in [0.3, 0.4) is 0 Å². The SMILES string of the molecule is CCC(CC)(NC(=O)NCC(C(C)C)C(C)C)C(=O)O. The van der Waals surface area contributed by atoms with Gasteiger partial charge in [0.15, 0.2) is 0 Å². The number of urea groups is 1. The van der Waals surface area contributed by atoms with E-state index in [1.807, 2.05) is 0 Å². The van der Waals surface area contributed by atoms with Crippen molar-refractivity contribution in [3.63, 3.8) is 0 Å². The molecule has 0 fully saturated rings. The van der Waals surface area contributed by atoms with E-state index in [9.17, 15) is 14.7 Å². The zero-order valence-corrected chi connectivity index (χ0v) is 13.6. The van der Waals surface area contributed by atoms with Gasteiger partial charge < -0.3 is 15.7 Å². The maximum Gasteiger partial charge on any atom is 0.329 e. The van der Waals surface area contributed by atoms with E-state index in [1.165, 1.54) is 0 Å². The van der Waals surface area contributed by atoms with Gasteiger partial charge in [0.05, 0.1) is 0 Å². The number of carboxylic acids is 1. The van der Waals surface area contributed by atoms with E-state index >= 15 is 0 Å². The first-order valence-corrected chi connectivity index (χ1v) is 7.49. The van der Waals surface area contributed by atoms with Crippen LogP contribution in [0.5, 0.6) is 0 Å². The molecule has 0 aromatic heterocycles. The van der Waals surface area contributed by atoms with Gasteiger partial charge >= 0.3 is 12.0 Å². The molecule has 0 aromatic carbocycles. The maximum absolute atomic E-state index is 11.9. The van der Waals surface area contributed by atoms with Crippen LogP contribution >= 0.6 is 0 Å². The first-order chi connectivity index (χ1) is 9.20. The molecular weight excluding hydrogens is 256 g/mol. The molecule has 0 rings (SSSR count). The van der Waals surface area contributed by atoms with Gasteiger partial charge in [0.1, 0.15) is 5.54 Å². The molecule has 0 bridgehead atoms. The normalized spacial score (nSPS) is 12.1. The van der Waals surface area contributed by atoms with Gasteiger partial charge in [0.2, 0.25) is 0 Å². The van der Waals surface area contributed by atoms with Gasteiger partial charge in [0, 0.05) is 6.54 Å². The Morgan fingerprint density at radius 3 is 1.80 bits per heavy atom. The number of hydrogen-bond donors (Lipinski definition) is 3. The van der Waals surface area contributed by atoms with Gasteiger partial charge in [-0.25, -0.2) is 9.59 Å². The lowest BCUT2D eigenvalue weighted by Crippen LogP contribution is -2.57. The van der Waals surface area contributed by atoms with Crippen LogP contribution in [-0.2, 0) is 4.79 Å². The molecule has 0 spiro atoms. The lowest BCUT2D eigenvalue weighted by Gasteiger charge is -2.30. The van der Waals surface area contributed by atoms with Crippen molar-refractivity contribution in [2.24, 2.45) is 17.8 Å². The predicted octanol–water partition coefficient (Wildman–Crippen LogP) is 2.86. The first-order valence-electron chi connectivity index (χ1n) is 7.49. The fourth-order valence-electron chi connectivity index (χ4n) is 2.50. The van der Waals surface area contributed by atoms with E-state index in [4.69, 9.17) is 0 Å². The molecule has 3 N–H and O–H groups in total. The average Bonchev–Trinajstić information content (AvgIpc) is 2.34. The Hall–Kier alpha value is -1.26. The number of nitrogens with one attached hydrogen (secondary N) is 2. The number of carbonyl (C=O) groups excluding carboxylic acids is 1. The lowest BCUT2D eigenvalue weighted by molar-refractivity contribution is -0.144. The van der Waals surface area contributed by atoms with E-state index in [1.54, 1.807) is 13.8 Å². The monoisotopic (exact) mass is 286 g/mol. The minimum atomic E-state index is -1.17. The van der Waals surface area contributed by atoms with Gasteiger partial charge in [-0.15, -0.1) is 0 Å². The zero-order chi connectivity index (χ0) is 15.9. The molecule has 0 atom stereocenters. The summed E-state index contributed by atoms with van der Waals surface area (Å²) in [6, 6.07) is -0.401. The van der Waals surface area contributed by atoms with Crippen LogP contribution in [0, 0.1) is 17.8 Å². The average molecular weight is 286 g/mol. The van der Waals surface area contributed by atoms with Crippen LogP contribution < -0.4 is 10.6 Å². The highest BCUT2D eigenvalue weighted by Gasteiger charge is 2.36. The Bertz CT molecular complexity index is 315. The topological polar surface area (TPSA) is 78.4 Å². The standard InChI is InChI=1S/C15H30N2O3/c1-7-15(8-2,13(18)19)17-14(20)16-9-12(10(3)4)11(5)6/h10-12H,7-9H2,1-6H3,(H,18,19)(H2,16,17,20). The van der Waals surface area contributed by atoms with Crippen LogP contribution in [-0.4, -0.2) is 29.2 Å². The first kappa shape index (κ1) is 18.7. The summed E-state index contributed by atoms with van der Waals surface area (Å²) in [7, 11) is 0. The van der Waals surface area contributed by atoms with E-state index in [-0.39, 0.29) is 0 Å². The molecule has 0 aliphatic rings. The molecule has 0 unspecified atom stereocenters. The van der Waals surface area contributed by atoms with Gasteiger partial charge in [0.25, 0.3) is 0 Å². The van der Waals surface area contributed by atoms with Gasteiger partial charge in [-0.05, 0) is 30.6 Å². The molecule has 5 nitrogen and oxygen atoms in total. The third kappa shape index (κ3) is 5.02. The molecular formula is C15H30N2O3. The third-order valence-electron chi connectivity index (χ3n) is 4.18. The lowest BCUT2D eigenvalue weighted by atomic mass is 9.85. The van der Waals surface area contributed by atoms with Crippen LogP contribution in [0.15, 0.2) is 0 Å². The van der Waals surface area contributed by atoms with Crippen molar-refractivity contribution in [3.05, 3.63) is 0 Å². The fourth-order valence-corrected chi connectivity index (χ4v) is 2.50. The van der Waals surface area contributed by atoms with Crippen LogP contribution in [0.1, 0.15) is 54.4 Å². The molecule has 20 heavy (non-hydrogen) atoms. The summed E-state index contributed by atoms with van der Waals surface area (Å²) in [5.41, 5.74) is -1.17. The number of aliphatic carboxylic acids is 1. The molecule has 0 aromatic rings. The minimum Gasteiger partial charge on any atom is -0.480 e. The molecule has 0 saturated heterocycles. The summed E-state index contributed by atoms with van der Waals surface area (Å²) in [6.45, 7) is 12.6. The van der Waals surface area contributed by atoms with Crippen molar-refractivity contribution in [1.29, 1.82) is 0 Å². The Morgan fingerprint density at radius 2 is 1.50 bits per heavy atom. The molecule has 0 heterocycles. The number of hydrogen-bond acceptors (Lipinski definition) is 2. The van der Waals surface area contributed by atoms with Gasteiger partial charge in [-0.1, -0.05) is 41.5 Å². The van der Waals surface area contributed by atoms with Crippen molar-refractivity contribution >= 4 is 12.0 Å². The second-order valence-electron chi connectivity index (χ2n) is 6.08. The van der Waals surface area contributed by atoms with Gasteiger partial charge in [-0.2, -0.15) is 0 Å². The van der Waals surface area contributed by atoms with E-state index in [0.717, 1.165) is 0 Å². The Balaban J connectivity index is 4.59. The Morgan fingerprint density at radius 1 is 1.05 bits per heavy atom. The van der Waals surface area contributed by atoms with Gasteiger partial charge in [-0.3, -0.25) is 0 Å². The molecule has 5 heteroatoms. The summed E-state index contributed by atoms with van der Waals surface area (Å²) >= 11 is 0. The molecule has 118 valence electrons. The number of carboxylic acid groups (broad SMARTS) is 1. The maximum atomic E-state index is 11.9. The minimum absolute atomic E-state index is 0.365. The zero-order valence-electron chi connectivity index (χ0n) is 13.6. The quantitative estimate of drug-likeness (QED) is 0.642. The largest absolute Gasteiger partial charge is 0.480 e. The summed E-state index contributed by atoms with van der Waals surface area (Å²) in [4.78, 5) is 23.3. The summed E-state index contributed by atoms with van der Waals surface area (Å²) < 4.78 is 0. The molecule has 2 amide bonds. The highest BCUT2D eigenvalue weighted by Crippen LogP contribution is 2.19. The smallest absolute Gasteiger partial charge is 0.329 e. The highest BCUT2D eigenvalue weighted by atomic mass is 16.4. The Labute approximate surface area is 122 Å². The molecule has 0 aliphatic carbocycles. The molecule has 0 aliphatic heterocycles. The summed E-state index contributed by atoms with van der Waals surface area (Å²) in [5, 5.41) is 14.7. The van der Waals surface area contributed by atoms with Crippen LogP contribution in [0.2, 0.25) is 0 Å².